The minimum atomic E-state index is -3.03. The summed E-state index contributed by atoms with van der Waals surface area (Å²) < 4.78 is 26.3. The first kappa shape index (κ1) is 14.3. The van der Waals surface area contributed by atoms with E-state index < -0.39 is 10.0 Å². The summed E-state index contributed by atoms with van der Waals surface area (Å²) >= 11 is 1.85. The van der Waals surface area contributed by atoms with E-state index >= 15 is 0 Å². The summed E-state index contributed by atoms with van der Waals surface area (Å²) in [5, 5.41) is 0.642. The third-order valence-electron chi connectivity index (χ3n) is 3.08. The van der Waals surface area contributed by atoms with Crippen molar-refractivity contribution in [3.05, 3.63) is 0 Å². The maximum Gasteiger partial charge on any atom is 0.211 e. The molecule has 1 saturated carbocycles. The molecule has 2 unspecified atom stereocenters. The van der Waals surface area contributed by atoms with Crippen LogP contribution >= 0.6 is 11.8 Å². The van der Waals surface area contributed by atoms with Gasteiger partial charge in [0.2, 0.25) is 10.0 Å². The molecular weight excluding hydrogens is 242 g/mol. The molecule has 0 bridgehead atoms. The van der Waals surface area contributed by atoms with Crippen LogP contribution in [0.1, 0.15) is 45.4 Å². The molecule has 0 aromatic rings. The maximum atomic E-state index is 11.7. The first-order valence-corrected chi connectivity index (χ1v) is 9.04. The highest BCUT2D eigenvalue weighted by molar-refractivity contribution is 7.99. The number of nitrogens with one attached hydrogen (secondary N) is 1. The molecule has 3 nitrogen and oxygen atoms in total. The van der Waals surface area contributed by atoms with Crippen LogP contribution in [0.25, 0.3) is 0 Å². The molecule has 0 amide bonds. The smallest absolute Gasteiger partial charge is 0.211 e. The van der Waals surface area contributed by atoms with Crippen molar-refractivity contribution >= 4 is 21.8 Å². The van der Waals surface area contributed by atoms with E-state index in [1.54, 1.807) is 0 Å². The van der Waals surface area contributed by atoms with E-state index in [-0.39, 0.29) is 6.04 Å². The Balaban J connectivity index is 2.30. The number of hydrogen-bond donors (Lipinski definition) is 1. The quantitative estimate of drug-likeness (QED) is 0.719. The highest BCUT2D eigenvalue weighted by atomic mass is 32.2. The Kier molecular flexibility index (Phi) is 6.15. The van der Waals surface area contributed by atoms with Crippen LogP contribution in [-0.4, -0.2) is 31.7 Å². The second kappa shape index (κ2) is 6.87. The van der Waals surface area contributed by atoms with Crippen LogP contribution in [0, 0.1) is 0 Å². The van der Waals surface area contributed by atoms with Crippen LogP contribution in [-0.2, 0) is 10.0 Å². The molecule has 96 valence electrons. The predicted molar refractivity (Wildman–Crippen MR) is 71.4 cm³/mol. The van der Waals surface area contributed by atoms with E-state index in [1.807, 2.05) is 11.8 Å². The molecule has 0 aliphatic heterocycles. The molecule has 1 aliphatic carbocycles. The lowest BCUT2D eigenvalue weighted by Gasteiger charge is -2.13. The van der Waals surface area contributed by atoms with Gasteiger partial charge in [0.25, 0.3) is 0 Å². The van der Waals surface area contributed by atoms with Gasteiger partial charge in [-0.2, -0.15) is 11.8 Å². The topological polar surface area (TPSA) is 46.2 Å². The van der Waals surface area contributed by atoms with Crippen LogP contribution in [0.2, 0.25) is 0 Å². The van der Waals surface area contributed by atoms with E-state index in [0.717, 1.165) is 38.5 Å². The molecule has 0 spiro atoms. The van der Waals surface area contributed by atoms with Crippen molar-refractivity contribution in [3.63, 3.8) is 0 Å². The Morgan fingerprint density at radius 3 is 2.62 bits per heavy atom. The van der Waals surface area contributed by atoms with Gasteiger partial charge in [-0.1, -0.05) is 19.8 Å². The van der Waals surface area contributed by atoms with Crippen molar-refractivity contribution < 1.29 is 8.42 Å². The van der Waals surface area contributed by atoms with Gasteiger partial charge >= 0.3 is 0 Å². The molecule has 0 heterocycles. The van der Waals surface area contributed by atoms with Gasteiger partial charge < -0.3 is 0 Å². The van der Waals surface area contributed by atoms with Crippen LogP contribution in [0.5, 0.6) is 0 Å². The molecule has 1 aliphatic rings. The van der Waals surface area contributed by atoms with Crippen LogP contribution in [0.3, 0.4) is 0 Å². The summed E-state index contributed by atoms with van der Waals surface area (Å²) in [4.78, 5) is 0. The highest BCUT2D eigenvalue weighted by Crippen LogP contribution is 2.28. The van der Waals surface area contributed by atoms with Crippen molar-refractivity contribution in [2.75, 3.05) is 12.0 Å². The predicted octanol–water partition coefficient (Wildman–Crippen LogP) is 2.38. The maximum absolute atomic E-state index is 11.7. The summed E-state index contributed by atoms with van der Waals surface area (Å²) in [6, 6.07) is 0.184. The standard InChI is InChI=1S/C11H23NO2S2/c1-3-4-5-8-16(13,14)12-10-6-7-11(9-10)15-2/h10-12H,3-9H2,1-2H3. The summed E-state index contributed by atoms with van der Waals surface area (Å²) in [6.07, 6.45) is 8.08. The van der Waals surface area contributed by atoms with Gasteiger partial charge in [0.05, 0.1) is 5.75 Å². The lowest BCUT2D eigenvalue weighted by molar-refractivity contribution is 0.549. The number of hydrogen-bond acceptors (Lipinski definition) is 3. The van der Waals surface area contributed by atoms with E-state index in [4.69, 9.17) is 0 Å². The third-order valence-corrected chi connectivity index (χ3v) is 5.69. The van der Waals surface area contributed by atoms with Gasteiger partial charge in [-0.15, -0.1) is 0 Å². The zero-order valence-electron chi connectivity index (χ0n) is 10.2. The number of rotatable bonds is 7. The Labute approximate surface area is 104 Å². The Morgan fingerprint density at radius 1 is 1.31 bits per heavy atom. The lowest BCUT2D eigenvalue weighted by atomic mass is 10.3. The Bertz CT molecular complexity index is 290. The Hall–Kier alpha value is 0.260. The fourth-order valence-electron chi connectivity index (χ4n) is 2.12. The molecule has 0 radical (unpaired) electrons. The SMILES string of the molecule is CCCCCS(=O)(=O)NC1CCC(SC)C1. The van der Waals surface area contributed by atoms with Gasteiger partial charge in [-0.05, 0) is 31.9 Å². The number of unbranched alkanes of at least 4 members (excludes halogenated alkanes) is 2. The Morgan fingerprint density at radius 2 is 2.06 bits per heavy atom. The fourth-order valence-corrected chi connectivity index (χ4v) is 4.34. The molecule has 16 heavy (non-hydrogen) atoms. The van der Waals surface area contributed by atoms with Crippen molar-refractivity contribution in [1.82, 2.24) is 4.72 Å². The summed E-state index contributed by atoms with van der Waals surface area (Å²) in [5.74, 6) is 0.293. The van der Waals surface area contributed by atoms with Crippen molar-refractivity contribution in [2.24, 2.45) is 0 Å². The van der Waals surface area contributed by atoms with Gasteiger partial charge in [0, 0.05) is 11.3 Å². The van der Waals surface area contributed by atoms with Gasteiger partial charge in [0.15, 0.2) is 0 Å². The second-order valence-corrected chi connectivity index (χ2v) is 7.52. The second-order valence-electron chi connectivity index (χ2n) is 4.51. The van der Waals surface area contributed by atoms with Gasteiger partial charge in [0.1, 0.15) is 0 Å². The third kappa shape index (κ3) is 5.06. The first-order chi connectivity index (χ1) is 7.57. The van der Waals surface area contributed by atoms with Crippen molar-refractivity contribution in [1.29, 1.82) is 0 Å². The van der Waals surface area contributed by atoms with Gasteiger partial charge in [-0.3, -0.25) is 0 Å². The molecule has 1 fully saturated rings. The van der Waals surface area contributed by atoms with Crippen molar-refractivity contribution in [3.8, 4) is 0 Å². The number of thioether (sulfide) groups is 1. The van der Waals surface area contributed by atoms with Crippen LogP contribution in [0.4, 0.5) is 0 Å². The molecule has 0 aromatic heterocycles. The zero-order valence-corrected chi connectivity index (χ0v) is 11.9. The van der Waals surface area contributed by atoms with Crippen LogP contribution < -0.4 is 4.72 Å². The van der Waals surface area contributed by atoms with Crippen molar-refractivity contribution in [2.45, 2.75) is 56.7 Å². The molecule has 1 N–H and O–H groups in total. The average Bonchev–Trinajstić information content (AvgIpc) is 2.65. The minimum Gasteiger partial charge on any atom is -0.212 e. The van der Waals surface area contributed by atoms with Gasteiger partial charge in [-0.25, -0.2) is 13.1 Å². The molecular formula is C11H23NO2S2. The zero-order chi connectivity index (χ0) is 12.0. The molecule has 1 rings (SSSR count). The van der Waals surface area contributed by atoms with Crippen LogP contribution in [0.15, 0.2) is 0 Å². The monoisotopic (exact) mass is 265 g/mol. The minimum absolute atomic E-state index is 0.184. The summed E-state index contributed by atoms with van der Waals surface area (Å²) in [7, 11) is -3.03. The largest absolute Gasteiger partial charge is 0.212 e. The molecule has 0 aromatic carbocycles. The summed E-state index contributed by atoms with van der Waals surface area (Å²) in [5.41, 5.74) is 0. The normalized spacial score (nSPS) is 26.1. The first-order valence-electron chi connectivity index (χ1n) is 6.10. The average molecular weight is 265 g/mol. The van der Waals surface area contributed by atoms with E-state index in [1.165, 1.54) is 0 Å². The fraction of sp³-hybridized carbons (Fsp3) is 1.00. The molecule has 2 atom stereocenters. The molecule has 5 heteroatoms. The summed E-state index contributed by atoms with van der Waals surface area (Å²) in [6.45, 7) is 2.08. The van der Waals surface area contributed by atoms with E-state index in [9.17, 15) is 8.42 Å². The molecule has 0 saturated heterocycles. The lowest BCUT2D eigenvalue weighted by Crippen LogP contribution is -2.34. The highest BCUT2D eigenvalue weighted by Gasteiger charge is 2.27. The van der Waals surface area contributed by atoms with E-state index in [2.05, 4.69) is 17.9 Å². The number of sulfonamides is 1. The van der Waals surface area contributed by atoms with E-state index in [0.29, 0.717) is 11.0 Å².